The zero-order valence-electron chi connectivity index (χ0n) is 19.3. The zero-order valence-corrected chi connectivity index (χ0v) is 20.8. The molecule has 0 aromatic heterocycles. The number of anilines is 1. The third-order valence-corrected chi connectivity index (χ3v) is 5.36. The van der Waals surface area contributed by atoms with E-state index in [0.717, 1.165) is 32.2 Å². The first kappa shape index (κ1) is 31.1. The van der Waals surface area contributed by atoms with Gasteiger partial charge < -0.3 is 40.7 Å². The maximum atomic E-state index is 13.1. The number of aliphatic carboxylic acids is 2. The molecule has 0 aliphatic rings. The van der Waals surface area contributed by atoms with Gasteiger partial charge in [0.15, 0.2) is 0 Å². The van der Waals surface area contributed by atoms with Crippen LogP contribution < -0.4 is 21.3 Å². The standard InChI is InChI=1S/C22H27Cl2FN2O3.C2H2O4/c23-18-12-16(13-19(24)22(18)26)20(28)14-27-8-3-1-2-4-9-30-21(29)11-15-6-5-7-17(25)10-15;3-1(4)2(5)6/h5-7,10,12-13,20,27-28H,1-4,8-9,11,14,26H2;(H,3,4)(H,5,6)/p-2. The van der Waals surface area contributed by atoms with E-state index in [2.05, 4.69) is 5.32 Å². The molecule has 0 amide bonds. The average Bonchev–Trinajstić information content (AvgIpc) is 2.81. The third kappa shape index (κ3) is 12.7. The van der Waals surface area contributed by atoms with Crippen molar-refractivity contribution in [3.63, 3.8) is 0 Å². The average molecular weight is 545 g/mol. The summed E-state index contributed by atoms with van der Waals surface area (Å²) in [7, 11) is 0. The van der Waals surface area contributed by atoms with Gasteiger partial charge >= 0.3 is 5.97 Å². The summed E-state index contributed by atoms with van der Waals surface area (Å²) in [4.78, 5) is 29.6. The van der Waals surface area contributed by atoms with Crippen LogP contribution in [0.25, 0.3) is 0 Å². The molecule has 36 heavy (non-hydrogen) atoms. The van der Waals surface area contributed by atoms with Gasteiger partial charge in [0.25, 0.3) is 0 Å². The number of nitrogens with two attached hydrogens (primary N) is 1. The van der Waals surface area contributed by atoms with E-state index < -0.39 is 18.0 Å². The first-order valence-corrected chi connectivity index (χ1v) is 11.7. The number of aliphatic hydroxyl groups excluding tert-OH is 1. The molecule has 2 aromatic carbocycles. The molecule has 0 saturated carbocycles. The van der Waals surface area contributed by atoms with Crippen LogP contribution in [0.4, 0.5) is 10.1 Å². The maximum absolute atomic E-state index is 13.1. The lowest BCUT2D eigenvalue weighted by Crippen LogP contribution is -2.42. The van der Waals surface area contributed by atoms with Crippen LogP contribution in [0, 0.1) is 5.82 Å². The number of rotatable bonds is 12. The summed E-state index contributed by atoms with van der Waals surface area (Å²) in [6, 6.07) is 9.18. The van der Waals surface area contributed by atoms with Crippen LogP contribution in [0.15, 0.2) is 36.4 Å². The number of benzene rings is 2. The number of carbonyl (C=O) groups is 3. The first-order valence-electron chi connectivity index (χ1n) is 11.0. The second kappa shape index (κ2) is 16.7. The van der Waals surface area contributed by atoms with Gasteiger partial charge in [0.1, 0.15) is 5.82 Å². The molecule has 2 aromatic rings. The van der Waals surface area contributed by atoms with Crippen LogP contribution in [0.5, 0.6) is 0 Å². The van der Waals surface area contributed by atoms with Crippen molar-refractivity contribution in [2.75, 3.05) is 25.4 Å². The predicted molar refractivity (Wildman–Crippen MR) is 128 cm³/mol. The predicted octanol–water partition coefficient (Wildman–Crippen LogP) is 1.17. The zero-order chi connectivity index (χ0) is 27.1. The molecule has 0 fully saturated rings. The van der Waals surface area contributed by atoms with E-state index >= 15 is 0 Å². The summed E-state index contributed by atoms with van der Waals surface area (Å²) in [6.45, 7) is 1.50. The molecule has 0 bridgehead atoms. The van der Waals surface area contributed by atoms with Gasteiger partial charge in [0.05, 0.1) is 46.8 Å². The monoisotopic (exact) mass is 544 g/mol. The molecule has 1 unspecified atom stereocenters. The van der Waals surface area contributed by atoms with Gasteiger partial charge in [-0.3, -0.25) is 4.79 Å². The Hall–Kier alpha value is -2.92. The number of carbonyl (C=O) groups excluding carboxylic acids is 3. The van der Waals surface area contributed by atoms with Crippen molar-refractivity contribution in [1.29, 1.82) is 0 Å². The van der Waals surface area contributed by atoms with Crippen molar-refractivity contribution in [2.24, 2.45) is 0 Å². The number of hydrogen-bond donors (Lipinski definition) is 3. The van der Waals surface area contributed by atoms with Crippen molar-refractivity contribution >= 4 is 46.8 Å². The summed E-state index contributed by atoms with van der Waals surface area (Å²) in [5, 5.41) is 31.9. The second-order valence-electron chi connectivity index (χ2n) is 7.63. The number of nitrogen functional groups attached to an aromatic ring is 1. The van der Waals surface area contributed by atoms with Crippen molar-refractivity contribution in [3.05, 3.63) is 63.4 Å². The molecule has 0 aliphatic heterocycles. The molecule has 4 N–H and O–H groups in total. The van der Waals surface area contributed by atoms with Gasteiger partial charge in [0.2, 0.25) is 0 Å². The minimum atomic E-state index is -2.19. The smallest absolute Gasteiger partial charge is 0.310 e. The highest BCUT2D eigenvalue weighted by atomic mass is 35.5. The lowest BCUT2D eigenvalue weighted by molar-refractivity contribution is -0.345. The molecule has 0 aliphatic carbocycles. The number of carboxylic acids is 2. The Morgan fingerprint density at radius 1 is 1.03 bits per heavy atom. The number of carboxylic acid groups (broad SMARTS) is 2. The molecule has 0 saturated heterocycles. The summed E-state index contributed by atoms with van der Waals surface area (Å²) >= 11 is 12.0. The van der Waals surface area contributed by atoms with E-state index in [0.29, 0.717) is 40.0 Å². The minimum absolute atomic E-state index is 0.0778. The highest BCUT2D eigenvalue weighted by Crippen LogP contribution is 2.31. The fourth-order valence-corrected chi connectivity index (χ4v) is 3.41. The van der Waals surface area contributed by atoms with Gasteiger partial charge in [-0.2, -0.15) is 0 Å². The molecule has 9 nitrogen and oxygen atoms in total. The minimum Gasteiger partial charge on any atom is -0.543 e. The highest BCUT2D eigenvalue weighted by Gasteiger charge is 2.12. The lowest BCUT2D eigenvalue weighted by Gasteiger charge is -2.14. The number of unbranched alkanes of at least 4 members (excludes halogenated alkanes) is 3. The number of halogens is 3. The number of aliphatic hydroxyl groups is 1. The Balaban J connectivity index is 0.000000960. The topological polar surface area (TPSA) is 165 Å². The molecule has 1 atom stereocenters. The number of esters is 1. The molecule has 2 rings (SSSR count). The molecule has 0 spiro atoms. The summed E-state index contributed by atoms with van der Waals surface area (Å²) in [5.74, 6) is -5.08. The van der Waals surface area contributed by atoms with E-state index in [-0.39, 0.29) is 18.2 Å². The van der Waals surface area contributed by atoms with Gasteiger partial charge in [0, 0.05) is 6.54 Å². The lowest BCUT2D eigenvalue weighted by atomic mass is 10.1. The SMILES string of the molecule is Nc1c(Cl)cc(C(O)CNCCCCCCOC(=O)Cc2cccc(F)c2)cc1Cl.O=C([O-])C(=O)[O-]. The van der Waals surface area contributed by atoms with Crippen molar-refractivity contribution in [1.82, 2.24) is 5.32 Å². The van der Waals surface area contributed by atoms with Gasteiger partial charge in [-0.05, 0) is 54.8 Å². The Morgan fingerprint density at radius 2 is 1.64 bits per heavy atom. The Kier molecular flexibility index (Phi) is 14.4. The maximum Gasteiger partial charge on any atom is 0.310 e. The fraction of sp³-hybridized carbons (Fsp3) is 0.375. The molecule has 12 heteroatoms. The van der Waals surface area contributed by atoms with Crippen molar-refractivity contribution in [3.8, 4) is 0 Å². The molecule has 0 heterocycles. The summed E-state index contributed by atoms with van der Waals surface area (Å²) < 4.78 is 18.3. The second-order valence-corrected chi connectivity index (χ2v) is 8.45. The number of nitrogens with one attached hydrogen (secondary N) is 1. The molecular formula is C24H27Cl2FN2O7-2. The van der Waals surface area contributed by atoms with E-state index in [4.69, 9.17) is 53.5 Å². The van der Waals surface area contributed by atoms with E-state index in [1.54, 1.807) is 24.3 Å². The van der Waals surface area contributed by atoms with Crippen molar-refractivity contribution in [2.45, 2.75) is 38.2 Å². The molecular weight excluding hydrogens is 518 g/mol. The quantitative estimate of drug-likeness (QED) is 0.154. The fourth-order valence-electron chi connectivity index (χ4n) is 2.91. The third-order valence-electron chi connectivity index (χ3n) is 4.74. The Bertz CT molecular complexity index is 989. The summed E-state index contributed by atoms with van der Waals surface area (Å²) in [5.41, 5.74) is 7.23. The highest BCUT2D eigenvalue weighted by molar-refractivity contribution is 6.38. The molecule has 198 valence electrons. The number of ether oxygens (including phenoxy) is 1. The van der Waals surface area contributed by atoms with Crippen molar-refractivity contribution < 1.29 is 38.8 Å². The Morgan fingerprint density at radius 3 is 2.22 bits per heavy atom. The van der Waals surface area contributed by atoms with Crippen LogP contribution in [-0.2, 0) is 25.5 Å². The summed E-state index contributed by atoms with van der Waals surface area (Å²) in [6.07, 6.45) is 2.98. The van der Waals surface area contributed by atoms with E-state index in [1.807, 2.05) is 0 Å². The van der Waals surface area contributed by atoms with Crippen LogP contribution in [0.3, 0.4) is 0 Å². The first-order chi connectivity index (χ1) is 17.0. The van der Waals surface area contributed by atoms with Gasteiger partial charge in [-0.15, -0.1) is 0 Å². The Labute approximate surface area is 218 Å². The van der Waals surface area contributed by atoms with Crippen LogP contribution in [0.1, 0.15) is 42.9 Å². The van der Waals surface area contributed by atoms with Crippen LogP contribution in [0.2, 0.25) is 10.0 Å². The van der Waals surface area contributed by atoms with Gasteiger partial charge in [-0.1, -0.05) is 48.2 Å². The van der Waals surface area contributed by atoms with Crippen LogP contribution >= 0.6 is 23.2 Å². The largest absolute Gasteiger partial charge is 0.543 e. The van der Waals surface area contributed by atoms with E-state index in [1.165, 1.54) is 12.1 Å². The normalized spacial score (nSPS) is 11.2. The molecule has 0 radical (unpaired) electrons. The van der Waals surface area contributed by atoms with Gasteiger partial charge in [-0.25, -0.2) is 4.39 Å². The van der Waals surface area contributed by atoms with E-state index in [9.17, 15) is 14.3 Å². The number of hydrogen-bond acceptors (Lipinski definition) is 9. The van der Waals surface area contributed by atoms with Crippen LogP contribution in [-0.4, -0.2) is 42.7 Å².